The summed E-state index contributed by atoms with van der Waals surface area (Å²) in [5.41, 5.74) is 2.67. The van der Waals surface area contributed by atoms with Crippen LogP contribution in [0.3, 0.4) is 0 Å². The normalized spacial score (nSPS) is 21.2. The first kappa shape index (κ1) is 18.7. The maximum absolute atomic E-state index is 12.9. The highest BCUT2D eigenvalue weighted by molar-refractivity contribution is 5.95. The second-order valence-corrected chi connectivity index (χ2v) is 7.83. The van der Waals surface area contributed by atoms with Gasteiger partial charge in [-0.3, -0.25) is 9.48 Å². The van der Waals surface area contributed by atoms with Crippen molar-refractivity contribution in [2.75, 3.05) is 25.1 Å². The van der Waals surface area contributed by atoms with Gasteiger partial charge in [-0.2, -0.15) is 5.10 Å². The first-order chi connectivity index (χ1) is 13.4. The summed E-state index contributed by atoms with van der Waals surface area (Å²) < 4.78 is 13.2. The van der Waals surface area contributed by atoms with E-state index < -0.39 is 0 Å². The molecule has 7 nitrogen and oxygen atoms in total. The first-order valence-electron chi connectivity index (χ1n) is 9.88. The van der Waals surface area contributed by atoms with Gasteiger partial charge in [0.1, 0.15) is 11.9 Å². The number of methoxy groups -OCH3 is 1. The molecule has 1 aromatic heterocycles. The van der Waals surface area contributed by atoms with Crippen LogP contribution in [-0.2, 0) is 13.5 Å². The third kappa shape index (κ3) is 3.53. The minimum atomic E-state index is -0.0614. The Morgan fingerprint density at radius 3 is 2.89 bits per heavy atom. The number of carbonyl (C=O) groups is 1. The van der Waals surface area contributed by atoms with Gasteiger partial charge in [0.15, 0.2) is 11.5 Å². The van der Waals surface area contributed by atoms with Crippen molar-refractivity contribution in [3.63, 3.8) is 0 Å². The standard InChI is InChI=1S/C21H28N4O3/c1-13-8-19(24(3)23-13)25-7-5-6-17(12-25)22-21(26)16-10-15-9-14(2)28-20(15)18(11-16)27-4/h8,10-11,14,17H,5-7,9,12H2,1-4H3,(H,22,26). The molecule has 7 heteroatoms. The number of fused-ring (bicyclic) bond motifs is 1. The van der Waals surface area contributed by atoms with E-state index in [1.54, 1.807) is 13.2 Å². The van der Waals surface area contributed by atoms with E-state index in [4.69, 9.17) is 9.47 Å². The highest BCUT2D eigenvalue weighted by Gasteiger charge is 2.27. The molecule has 2 unspecified atom stereocenters. The van der Waals surface area contributed by atoms with Gasteiger partial charge in [-0.25, -0.2) is 0 Å². The summed E-state index contributed by atoms with van der Waals surface area (Å²) in [7, 11) is 3.57. The van der Waals surface area contributed by atoms with Crippen molar-refractivity contribution in [1.82, 2.24) is 15.1 Å². The molecular formula is C21H28N4O3. The number of amides is 1. The van der Waals surface area contributed by atoms with Crippen molar-refractivity contribution in [3.05, 3.63) is 35.0 Å². The molecule has 2 aromatic rings. The van der Waals surface area contributed by atoms with E-state index in [1.165, 1.54) is 0 Å². The zero-order chi connectivity index (χ0) is 19.8. The summed E-state index contributed by atoms with van der Waals surface area (Å²) in [6, 6.07) is 5.90. The summed E-state index contributed by atoms with van der Waals surface area (Å²) in [6.45, 7) is 5.79. The predicted molar refractivity (Wildman–Crippen MR) is 107 cm³/mol. The Balaban J connectivity index is 1.48. The molecule has 1 aromatic carbocycles. The average Bonchev–Trinajstić information content (AvgIpc) is 3.21. The fourth-order valence-corrected chi connectivity index (χ4v) is 4.25. The van der Waals surface area contributed by atoms with Gasteiger partial charge in [-0.15, -0.1) is 0 Å². The predicted octanol–water partition coefficient (Wildman–Crippen LogP) is 2.46. The van der Waals surface area contributed by atoms with Crippen molar-refractivity contribution >= 4 is 11.7 Å². The van der Waals surface area contributed by atoms with E-state index in [0.717, 1.165) is 55.2 Å². The summed E-state index contributed by atoms with van der Waals surface area (Å²) in [5.74, 6) is 2.43. The number of rotatable bonds is 4. The van der Waals surface area contributed by atoms with E-state index in [1.807, 2.05) is 31.6 Å². The number of anilines is 1. The third-order valence-corrected chi connectivity index (χ3v) is 5.50. The first-order valence-corrected chi connectivity index (χ1v) is 9.88. The Morgan fingerprint density at radius 1 is 1.36 bits per heavy atom. The van der Waals surface area contributed by atoms with Gasteiger partial charge in [0.2, 0.25) is 0 Å². The minimum absolute atomic E-state index is 0.0614. The minimum Gasteiger partial charge on any atom is -0.493 e. The molecule has 2 aliphatic rings. The fraction of sp³-hybridized carbons (Fsp3) is 0.524. The van der Waals surface area contributed by atoms with Gasteiger partial charge in [0, 0.05) is 49.8 Å². The number of piperidine rings is 1. The highest BCUT2D eigenvalue weighted by atomic mass is 16.5. The molecule has 0 aliphatic carbocycles. The van der Waals surface area contributed by atoms with Crippen LogP contribution in [-0.4, -0.2) is 48.0 Å². The van der Waals surface area contributed by atoms with Crippen molar-refractivity contribution in [1.29, 1.82) is 0 Å². The van der Waals surface area contributed by atoms with E-state index in [-0.39, 0.29) is 18.1 Å². The van der Waals surface area contributed by atoms with E-state index >= 15 is 0 Å². The number of carbonyl (C=O) groups excluding carboxylic acids is 1. The van der Waals surface area contributed by atoms with Crippen LogP contribution in [0.5, 0.6) is 11.5 Å². The molecule has 1 amide bonds. The van der Waals surface area contributed by atoms with Gasteiger partial charge < -0.3 is 19.7 Å². The van der Waals surface area contributed by atoms with E-state index in [2.05, 4.69) is 21.4 Å². The van der Waals surface area contributed by atoms with Crippen LogP contribution in [0.1, 0.15) is 41.4 Å². The number of nitrogens with zero attached hydrogens (tertiary/aromatic N) is 3. The Labute approximate surface area is 165 Å². The second kappa shape index (κ2) is 7.37. The van der Waals surface area contributed by atoms with Crippen molar-refractivity contribution in [3.8, 4) is 11.5 Å². The fourth-order valence-electron chi connectivity index (χ4n) is 4.25. The molecule has 1 saturated heterocycles. The number of nitrogens with one attached hydrogen (secondary N) is 1. The van der Waals surface area contributed by atoms with Crippen molar-refractivity contribution in [2.45, 2.75) is 45.3 Å². The van der Waals surface area contributed by atoms with Gasteiger partial charge >= 0.3 is 0 Å². The lowest BCUT2D eigenvalue weighted by atomic mass is 10.0. The third-order valence-electron chi connectivity index (χ3n) is 5.50. The molecule has 28 heavy (non-hydrogen) atoms. The zero-order valence-corrected chi connectivity index (χ0v) is 17.0. The van der Waals surface area contributed by atoms with Crippen LogP contribution in [0.2, 0.25) is 0 Å². The molecule has 3 heterocycles. The number of aromatic nitrogens is 2. The smallest absolute Gasteiger partial charge is 0.251 e. The number of aryl methyl sites for hydroxylation is 2. The largest absolute Gasteiger partial charge is 0.493 e. The van der Waals surface area contributed by atoms with Crippen LogP contribution in [0, 0.1) is 6.92 Å². The monoisotopic (exact) mass is 384 g/mol. The molecule has 0 spiro atoms. The van der Waals surface area contributed by atoms with Gasteiger partial charge in [-0.05, 0) is 38.8 Å². The van der Waals surface area contributed by atoms with Gasteiger partial charge in [-0.1, -0.05) is 0 Å². The molecule has 4 rings (SSSR count). The van der Waals surface area contributed by atoms with Gasteiger partial charge in [0.25, 0.3) is 5.91 Å². The molecule has 2 atom stereocenters. The summed E-state index contributed by atoms with van der Waals surface area (Å²) in [5, 5.41) is 7.65. The quantitative estimate of drug-likeness (QED) is 0.877. The number of ether oxygens (including phenoxy) is 2. The highest BCUT2D eigenvalue weighted by Crippen LogP contribution is 2.39. The molecule has 1 N–H and O–H groups in total. The Kier molecular flexibility index (Phi) is 4.91. The summed E-state index contributed by atoms with van der Waals surface area (Å²) in [4.78, 5) is 15.2. The second-order valence-electron chi connectivity index (χ2n) is 7.83. The van der Waals surface area contributed by atoms with E-state index in [0.29, 0.717) is 11.3 Å². The number of hydrogen-bond acceptors (Lipinski definition) is 5. The lowest BCUT2D eigenvalue weighted by molar-refractivity contribution is 0.0932. The van der Waals surface area contributed by atoms with Crippen LogP contribution < -0.4 is 19.7 Å². The number of hydrogen-bond donors (Lipinski definition) is 1. The summed E-state index contributed by atoms with van der Waals surface area (Å²) in [6.07, 6.45) is 2.91. The lowest BCUT2D eigenvalue weighted by Crippen LogP contribution is -2.48. The SMILES string of the molecule is COc1cc(C(=O)NC2CCCN(c3cc(C)nn3C)C2)cc2c1OC(C)C2. The van der Waals surface area contributed by atoms with Crippen molar-refractivity contribution in [2.24, 2.45) is 7.05 Å². The van der Waals surface area contributed by atoms with Crippen molar-refractivity contribution < 1.29 is 14.3 Å². The van der Waals surface area contributed by atoms with Gasteiger partial charge in [0.05, 0.1) is 12.8 Å². The molecule has 0 bridgehead atoms. The topological polar surface area (TPSA) is 68.6 Å². The summed E-state index contributed by atoms with van der Waals surface area (Å²) >= 11 is 0. The maximum atomic E-state index is 12.9. The van der Waals surface area contributed by atoms with Crippen LogP contribution >= 0.6 is 0 Å². The molecule has 1 fully saturated rings. The molecule has 0 saturated carbocycles. The number of benzene rings is 1. The maximum Gasteiger partial charge on any atom is 0.251 e. The average molecular weight is 384 g/mol. The molecular weight excluding hydrogens is 356 g/mol. The molecule has 2 aliphatic heterocycles. The Hall–Kier alpha value is -2.70. The van der Waals surface area contributed by atoms with Crippen LogP contribution in [0.25, 0.3) is 0 Å². The Morgan fingerprint density at radius 2 is 2.18 bits per heavy atom. The van der Waals surface area contributed by atoms with Crippen LogP contribution in [0.4, 0.5) is 5.82 Å². The zero-order valence-electron chi connectivity index (χ0n) is 17.0. The molecule has 150 valence electrons. The van der Waals surface area contributed by atoms with Crippen LogP contribution in [0.15, 0.2) is 18.2 Å². The molecule has 0 radical (unpaired) electrons. The Bertz CT molecular complexity index is 892. The van der Waals surface area contributed by atoms with E-state index in [9.17, 15) is 4.79 Å². The lowest BCUT2D eigenvalue weighted by Gasteiger charge is -2.34.